The Hall–Kier alpha value is -0.610. The second-order valence-electron chi connectivity index (χ2n) is 2.31. The maximum absolute atomic E-state index is 5.40. The van der Waals surface area contributed by atoms with Gasteiger partial charge in [0.15, 0.2) is 5.58 Å². The Morgan fingerprint density at radius 1 is 1.50 bits per heavy atom. The second-order valence-corrected chi connectivity index (χ2v) is 3.55. The van der Waals surface area contributed by atoms with Gasteiger partial charge in [0.2, 0.25) is 0 Å². The van der Waals surface area contributed by atoms with Crippen molar-refractivity contribution in [3.8, 4) is 0 Å². The highest BCUT2D eigenvalue weighted by Gasteiger charge is 2.05. The molecule has 0 aliphatic heterocycles. The molecule has 12 heavy (non-hydrogen) atoms. The fraction of sp³-hybridized carbons (Fsp3) is 0.125. The molecule has 1 aromatic carbocycles. The SMILES string of the molecule is CSc1nc2c(S)cccc2o1. The highest BCUT2D eigenvalue weighted by Crippen LogP contribution is 2.25. The van der Waals surface area contributed by atoms with Gasteiger partial charge in [0.05, 0.1) is 0 Å². The molecule has 0 spiro atoms. The van der Waals surface area contributed by atoms with Crippen molar-refractivity contribution in [2.45, 2.75) is 10.1 Å². The molecule has 0 aliphatic rings. The van der Waals surface area contributed by atoms with Gasteiger partial charge in [-0.15, -0.1) is 12.6 Å². The summed E-state index contributed by atoms with van der Waals surface area (Å²) in [6.07, 6.45) is 1.93. The number of thiol groups is 1. The van der Waals surface area contributed by atoms with Crippen LogP contribution in [0.25, 0.3) is 11.1 Å². The zero-order valence-electron chi connectivity index (χ0n) is 6.44. The van der Waals surface area contributed by atoms with Crippen molar-refractivity contribution in [3.63, 3.8) is 0 Å². The Morgan fingerprint density at radius 2 is 2.33 bits per heavy atom. The summed E-state index contributed by atoms with van der Waals surface area (Å²) in [5.41, 5.74) is 1.64. The van der Waals surface area contributed by atoms with E-state index in [2.05, 4.69) is 17.6 Å². The van der Waals surface area contributed by atoms with E-state index in [1.54, 1.807) is 0 Å². The first kappa shape index (κ1) is 8.01. The Bertz CT molecular complexity index is 410. The van der Waals surface area contributed by atoms with Gasteiger partial charge in [0.25, 0.3) is 5.22 Å². The molecular weight excluding hydrogens is 190 g/mol. The predicted molar refractivity (Wildman–Crippen MR) is 53.0 cm³/mol. The number of oxazole rings is 1. The van der Waals surface area contributed by atoms with Crippen LogP contribution in [-0.4, -0.2) is 11.2 Å². The van der Waals surface area contributed by atoms with Gasteiger partial charge in [-0.3, -0.25) is 0 Å². The van der Waals surface area contributed by atoms with E-state index in [4.69, 9.17) is 4.42 Å². The molecule has 0 bridgehead atoms. The molecule has 0 aliphatic carbocycles. The molecule has 0 saturated carbocycles. The lowest BCUT2D eigenvalue weighted by molar-refractivity contribution is 0.490. The number of hydrogen-bond acceptors (Lipinski definition) is 4. The summed E-state index contributed by atoms with van der Waals surface area (Å²) >= 11 is 5.76. The average Bonchev–Trinajstić information content (AvgIpc) is 2.49. The monoisotopic (exact) mass is 197 g/mol. The van der Waals surface area contributed by atoms with Crippen molar-refractivity contribution in [1.82, 2.24) is 4.98 Å². The Labute approximate surface area is 79.8 Å². The largest absolute Gasteiger partial charge is 0.431 e. The summed E-state index contributed by atoms with van der Waals surface area (Å²) < 4.78 is 5.40. The van der Waals surface area contributed by atoms with Gasteiger partial charge in [-0.05, 0) is 18.4 Å². The van der Waals surface area contributed by atoms with Crippen molar-refractivity contribution in [3.05, 3.63) is 18.2 Å². The van der Waals surface area contributed by atoms with E-state index in [1.165, 1.54) is 11.8 Å². The van der Waals surface area contributed by atoms with E-state index in [0.717, 1.165) is 16.0 Å². The molecular formula is C8H7NOS2. The first-order valence-corrected chi connectivity index (χ1v) is 5.11. The molecule has 0 radical (unpaired) electrons. The standard InChI is InChI=1S/C8H7NOS2/c1-12-8-9-7-5(10-8)3-2-4-6(7)11/h2-4,11H,1H3. The number of para-hydroxylation sites is 1. The quantitative estimate of drug-likeness (QED) is 0.562. The molecule has 2 nitrogen and oxygen atoms in total. The van der Waals surface area contributed by atoms with Crippen LogP contribution in [0, 0.1) is 0 Å². The van der Waals surface area contributed by atoms with Crippen molar-refractivity contribution in [1.29, 1.82) is 0 Å². The topological polar surface area (TPSA) is 26.0 Å². The van der Waals surface area contributed by atoms with Gasteiger partial charge >= 0.3 is 0 Å². The van der Waals surface area contributed by atoms with Crippen molar-refractivity contribution < 1.29 is 4.42 Å². The third-order valence-electron chi connectivity index (χ3n) is 1.55. The van der Waals surface area contributed by atoms with E-state index >= 15 is 0 Å². The van der Waals surface area contributed by atoms with E-state index in [0.29, 0.717) is 5.22 Å². The van der Waals surface area contributed by atoms with Gasteiger partial charge in [-0.1, -0.05) is 17.8 Å². The third kappa shape index (κ3) is 1.21. The second kappa shape index (κ2) is 3.03. The number of hydrogen-bond donors (Lipinski definition) is 1. The van der Waals surface area contributed by atoms with E-state index < -0.39 is 0 Å². The molecule has 0 unspecified atom stereocenters. The first-order valence-electron chi connectivity index (χ1n) is 3.44. The Morgan fingerprint density at radius 3 is 3.00 bits per heavy atom. The Kier molecular flexibility index (Phi) is 2.02. The molecule has 2 rings (SSSR count). The van der Waals surface area contributed by atoms with Crippen molar-refractivity contribution in [2.75, 3.05) is 6.26 Å². The molecule has 4 heteroatoms. The minimum atomic E-state index is 0.687. The highest BCUT2D eigenvalue weighted by molar-refractivity contribution is 7.98. The van der Waals surface area contributed by atoms with Crippen LogP contribution in [0.4, 0.5) is 0 Å². The summed E-state index contributed by atoms with van der Waals surface area (Å²) in [4.78, 5) is 5.11. The molecule has 0 N–H and O–H groups in total. The first-order chi connectivity index (χ1) is 5.81. The van der Waals surface area contributed by atoms with Crippen LogP contribution in [0.3, 0.4) is 0 Å². The van der Waals surface area contributed by atoms with Crippen LogP contribution >= 0.6 is 24.4 Å². The molecule has 0 atom stereocenters. The van der Waals surface area contributed by atoms with Crippen LogP contribution in [0.5, 0.6) is 0 Å². The average molecular weight is 197 g/mol. The highest BCUT2D eigenvalue weighted by atomic mass is 32.2. The number of nitrogens with zero attached hydrogens (tertiary/aromatic N) is 1. The smallest absolute Gasteiger partial charge is 0.256 e. The van der Waals surface area contributed by atoms with Gasteiger partial charge in [0, 0.05) is 4.90 Å². The number of aromatic nitrogens is 1. The van der Waals surface area contributed by atoms with Crippen LogP contribution in [0.15, 0.2) is 32.7 Å². The molecule has 1 aromatic heterocycles. The molecule has 0 saturated heterocycles. The van der Waals surface area contributed by atoms with Crippen LogP contribution < -0.4 is 0 Å². The summed E-state index contributed by atoms with van der Waals surface area (Å²) in [6.45, 7) is 0. The van der Waals surface area contributed by atoms with Crippen molar-refractivity contribution in [2.24, 2.45) is 0 Å². The summed E-state index contributed by atoms with van der Waals surface area (Å²) in [7, 11) is 0. The van der Waals surface area contributed by atoms with Crippen molar-refractivity contribution >= 4 is 35.5 Å². The fourth-order valence-corrected chi connectivity index (χ4v) is 1.60. The van der Waals surface area contributed by atoms with Gasteiger partial charge in [-0.2, -0.15) is 0 Å². The van der Waals surface area contributed by atoms with Crippen LogP contribution in [0.2, 0.25) is 0 Å². The maximum Gasteiger partial charge on any atom is 0.256 e. The van der Waals surface area contributed by atoms with Gasteiger partial charge in [0.1, 0.15) is 5.52 Å². The fourth-order valence-electron chi connectivity index (χ4n) is 1.00. The van der Waals surface area contributed by atoms with E-state index in [-0.39, 0.29) is 0 Å². The Balaban J connectivity index is 2.74. The zero-order chi connectivity index (χ0) is 8.55. The third-order valence-corrected chi connectivity index (χ3v) is 2.44. The predicted octanol–water partition coefficient (Wildman–Crippen LogP) is 2.84. The molecule has 0 amide bonds. The number of rotatable bonds is 1. The van der Waals surface area contributed by atoms with Crippen LogP contribution in [0.1, 0.15) is 0 Å². The molecule has 1 heterocycles. The lowest BCUT2D eigenvalue weighted by Gasteiger charge is -1.87. The van der Waals surface area contributed by atoms with Gasteiger partial charge in [-0.25, -0.2) is 4.98 Å². The minimum Gasteiger partial charge on any atom is -0.431 e. The van der Waals surface area contributed by atoms with E-state index in [1.807, 2.05) is 24.5 Å². The van der Waals surface area contributed by atoms with E-state index in [9.17, 15) is 0 Å². The molecule has 62 valence electrons. The summed E-state index contributed by atoms with van der Waals surface area (Å²) in [6, 6.07) is 5.69. The summed E-state index contributed by atoms with van der Waals surface area (Å²) in [5.74, 6) is 0. The minimum absolute atomic E-state index is 0.687. The number of thioether (sulfide) groups is 1. The molecule has 0 fully saturated rings. The van der Waals surface area contributed by atoms with Crippen LogP contribution in [-0.2, 0) is 0 Å². The van der Waals surface area contributed by atoms with Gasteiger partial charge < -0.3 is 4.42 Å². The lowest BCUT2D eigenvalue weighted by atomic mass is 10.3. The summed E-state index contributed by atoms with van der Waals surface area (Å²) in [5, 5.41) is 0.687. The maximum atomic E-state index is 5.40. The molecule has 2 aromatic rings. The normalized spacial score (nSPS) is 10.8. The lowest BCUT2D eigenvalue weighted by Crippen LogP contribution is -1.70. The number of fused-ring (bicyclic) bond motifs is 1. The zero-order valence-corrected chi connectivity index (χ0v) is 8.15. The number of benzene rings is 1.